The quantitative estimate of drug-likeness (QED) is 0.848. The van der Waals surface area contributed by atoms with E-state index in [4.69, 9.17) is 0 Å². The molecule has 1 aliphatic heterocycles. The van der Waals surface area contributed by atoms with Crippen molar-refractivity contribution in [1.29, 1.82) is 0 Å². The second-order valence-corrected chi connectivity index (χ2v) is 8.24. The lowest BCUT2D eigenvalue weighted by molar-refractivity contribution is -0.126. The Kier molecular flexibility index (Phi) is 4.89. The van der Waals surface area contributed by atoms with Crippen LogP contribution in [0.25, 0.3) is 0 Å². The number of halogens is 1. The second kappa shape index (κ2) is 6.78. The molecule has 1 saturated heterocycles. The highest BCUT2D eigenvalue weighted by Gasteiger charge is 2.34. The Labute approximate surface area is 141 Å². The number of nitrogens with one attached hydrogen (secondary N) is 1. The summed E-state index contributed by atoms with van der Waals surface area (Å²) < 4.78 is 40.2. The molecular formula is C16H22FN3O3S. The first kappa shape index (κ1) is 17.3. The third-order valence-corrected chi connectivity index (χ3v) is 6.51. The Morgan fingerprint density at radius 3 is 2.42 bits per heavy atom. The fourth-order valence-electron chi connectivity index (χ4n) is 2.84. The predicted molar refractivity (Wildman–Crippen MR) is 87.4 cm³/mol. The van der Waals surface area contributed by atoms with Crippen molar-refractivity contribution >= 4 is 15.9 Å². The minimum atomic E-state index is -3.84. The van der Waals surface area contributed by atoms with Gasteiger partial charge in [0.25, 0.3) is 0 Å². The van der Waals surface area contributed by atoms with E-state index >= 15 is 0 Å². The number of piperazine rings is 1. The SMILES string of the molecule is C[C@H](C(=O)NC1CC1)N1CCN(S(=O)(=O)c2ccccc2F)CC1. The first-order chi connectivity index (χ1) is 11.4. The molecule has 1 aromatic rings. The first-order valence-corrected chi connectivity index (χ1v) is 9.62. The largest absolute Gasteiger partial charge is 0.352 e. The average Bonchev–Trinajstić information content (AvgIpc) is 3.38. The third kappa shape index (κ3) is 3.60. The lowest BCUT2D eigenvalue weighted by Crippen LogP contribution is -2.55. The highest BCUT2D eigenvalue weighted by Crippen LogP contribution is 2.22. The summed E-state index contributed by atoms with van der Waals surface area (Å²) in [5.41, 5.74) is 0. The van der Waals surface area contributed by atoms with Gasteiger partial charge >= 0.3 is 0 Å². The summed E-state index contributed by atoms with van der Waals surface area (Å²) >= 11 is 0. The smallest absolute Gasteiger partial charge is 0.246 e. The van der Waals surface area contributed by atoms with E-state index in [1.165, 1.54) is 22.5 Å². The summed E-state index contributed by atoms with van der Waals surface area (Å²) in [5.74, 6) is -0.750. The standard InChI is InChI=1S/C16H22FN3O3S/c1-12(16(21)18-13-6-7-13)19-8-10-20(11-9-19)24(22,23)15-5-3-2-4-14(15)17/h2-5,12-13H,6-11H2,1H3,(H,18,21)/t12-/m1/s1. The van der Waals surface area contributed by atoms with E-state index in [-0.39, 0.29) is 29.9 Å². The van der Waals surface area contributed by atoms with Crippen LogP contribution in [0.1, 0.15) is 19.8 Å². The van der Waals surface area contributed by atoms with Crippen LogP contribution in [0, 0.1) is 5.82 Å². The van der Waals surface area contributed by atoms with Crippen LogP contribution in [0.2, 0.25) is 0 Å². The summed E-state index contributed by atoms with van der Waals surface area (Å²) in [6.07, 6.45) is 2.07. The van der Waals surface area contributed by atoms with Gasteiger partial charge in [0.1, 0.15) is 10.7 Å². The summed E-state index contributed by atoms with van der Waals surface area (Å²) in [5, 5.41) is 2.96. The van der Waals surface area contributed by atoms with Gasteiger partial charge in [0.05, 0.1) is 6.04 Å². The van der Waals surface area contributed by atoms with Crippen molar-refractivity contribution in [2.75, 3.05) is 26.2 Å². The molecule has 8 heteroatoms. The van der Waals surface area contributed by atoms with Gasteiger partial charge in [0.2, 0.25) is 15.9 Å². The lowest BCUT2D eigenvalue weighted by Gasteiger charge is -2.36. The van der Waals surface area contributed by atoms with E-state index in [0.717, 1.165) is 18.9 Å². The monoisotopic (exact) mass is 355 g/mol. The van der Waals surface area contributed by atoms with E-state index in [2.05, 4.69) is 5.32 Å². The summed E-state index contributed by atoms with van der Waals surface area (Å²) in [4.78, 5) is 13.8. The highest BCUT2D eigenvalue weighted by atomic mass is 32.2. The zero-order valence-corrected chi connectivity index (χ0v) is 14.4. The maximum absolute atomic E-state index is 13.8. The third-order valence-electron chi connectivity index (χ3n) is 4.58. The van der Waals surface area contributed by atoms with Crippen LogP contribution in [-0.4, -0.2) is 61.8 Å². The van der Waals surface area contributed by atoms with Crippen molar-refractivity contribution in [3.63, 3.8) is 0 Å². The van der Waals surface area contributed by atoms with E-state index in [0.29, 0.717) is 19.1 Å². The molecule has 0 bridgehead atoms. The minimum Gasteiger partial charge on any atom is -0.352 e. The summed E-state index contributed by atoms with van der Waals surface area (Å²) in [6, 6.07) is 5.42. The average molecular weight is 355 g/mol. The molecule has 2 aliphatic rings. The molecule has 0 aromatic heterocycles. The molecule has 1 aromatic carbocycles. The van der Waals surface area contributed by atoms with Crippen LogP contribution in [-0.2, 0) is 14.8 Å². The van der Waals surface area contributed by atoms with Crippen molar-refractivity contribution in [3.05, 3.63) is 30.1 Å². The van der Waals surface area contributed by atoms with Gasteiger partial charge < -0.3 is 5.32 Å². The first-order valence-electron chi connectivity index (χ1n) is 8.18. The number of rotatable bonds is 5. The maximum atomic E-state index is 13.8. The van der Waals surface area contributed by atoms with E-state index in [9.17, 15) is 17.6 Å². The van der Waals surface area contributed by atoms with Gasteiger partial charge in [-0.1, -0.05) is 12.1 Å². The zero-order valence-electron chi connectivity index (χ0n) is 13.6. The molecule has 1 amide bonds. The van der Waals surface area contributed by atoms with Crippen molar-refractivity contribution in [2.45, 2.75) is 36.7 Å². The maximum Gasteiger partial charge on any atom is 0.246 e. The van der Waals surface area contributed by atoms with Crippen LogP contribution in [0.4, 0.5) is 4.39 Å². The topological polar surface area (TPSA) is 69.7 Å². The molecule has 24 heavy (non-hydrogen) atoms. The highest BCUT2D eigenvalue weighted by molar-refractivity contribution is 7.89. The number of amides is 1. The molecule has 1 N–H and O–H groups in total. The van der Waals surface area contributed by atoms with E-state index in [1.54, 1.807) is 0 Å². The number of carbonyl (C=O) groups excluding carboxylic acids is 1. The fraction of sp³-hybridized carbons (Fsp3) is 0.562. The van der Waals surface area contributed by atoms with E-state index < -0.39 is 15.8 Å². The summed E-state index contributed by atoms with van der Waals surface area (Å²) in [6.45, 7) is 3.23. The molecule has 1 atom stereocenters. The summed E-state index contributed by atoms with van der Waals surface area (Å²) in [7, 11) is -3.84. The van der Waals surface area contributed by atoms with Gasteiger partial charge in [0.15, 0.2) is 0 Å². The van der Waals surface area contributed by atoms with Gasteiger partial charge in [-0.05, 0) is 31.9 Å². The molecule has 1 aliphatic carbocycles. The van der Waals surface area contributed by atoms with Crippen LogP contribution < -0.4 is 5.32 Å². The zero-order chi connectivity index (χ0) is 17.3. The molecular weight excluding hydrogens is 333 g/mol. The molecule has 0 radical (unpaired) electrons. The van der Waals surface area contributed by atoms with Crippen molar-refractivity contribution in [3.8, 4) is 0 Å². The molecule has 2 fully saturated rings. The number of hydrogen-bond acceptors (Lipinski definition) is 4. The number of sulfonamides is 1. The van der Waals surface area contributed by atoms with Gasteiger partial charge in [-0.15, -0.1) is 0 Å². The van der Waals surface area contributed by atoms with Gasteiger partial charge in [-0.2, -0.15) is 4.31 Å². The van der Waals surface area contributed by atoms with Gasteiger partial charge in [-0.25, -0.2) is 12.8 Å². The Bertz CT molecular complexity index is 713. The molecule has 3 rings (SSSR count). The number of hydrogen-bond donors (Lipinski definition) is 1. The molecule has 1 saturated carbocycles. The van der Waals surface area contributed by atoms with Gasteiger partial charge in [0, 0.05) is 32.2 Å². The van der Waals surface area contributed by atoms with Crippen molar-refractivity contribution < 1.29 is 17.6 Å². The fourth-order valence-corrected chi connectivity index (χ4v) is 4.33. The van der Waals surface area contributed by atoms with Crippen molar-refractivity contribution in [1.82, 2.24) is 14.5 Å². The molecule has 1 heterocycles. The van der Waals surface area contributed by atoms with Crippen LogP contribution in [0.15, 0.2) is 29.2 Å². The number of carbonyl (C=O) groups is 1. The Balaban J connectivity index is 1.62. The minimum absolute atomic E-state index is 0.0112. The predicted octanol–water partition coefficient (Wildman–Crippen LogP) is 0.799. The van der Waals surface area contributed by atoms with E-state index in [1.807, 2.05) is 11.8 Å². The molecule has 6 nitrogen and oxygen atoms in total. The normalized spacial score (nSPS) is 21.4. The second-order valence-electron chi connectivity index (χ2n) is 6.33. The molecule has 132 valence electrons. The molecule has 0 spiro atoms. The number of benzene rings is 1. The Morgan fingerprint density at radius 1 is 1.21 bits per heavy atom. The van der Waals surface area contributed by atoms with Crippen molar-refractivity contribution in [2.24, 2.45) is 0 Å². The number of nitrogens with zero attached hydrogens (tertiary/aromatic N) is 2. The Morgan fingerprint density at radius 2 is 1.83 bits per heavy atom. The lowest BCUT2D eigenvalue weighted by atomic mass is 10.2. The molecule has 0 unspecified atom stereocenters. The van der Waals surface area contributed by atoms with Gasteiger partial charge in [-0.3, -0.25) is 9.69 Å². The van der Waals surface area contributed by atoms with Crippen LogP contribution in [0.3, 0.4) is 0 Å². The van der Waals surface area contributed by atoms with Crippen LogP contribution >= 0.6 is 0 Å². The Hall–Kier alpha value is -1.51. The van der Waals surface area contributed by atoms with Crippen LogP contribution in [0.5, 0.6) is 0 Å².